The molecule has 1 atom stereocenters. The van der Waals surface area contributed by atoms with Gasteiger partial charge in [0.1, 0.15) is 0 Å². The fourth-order valence-corrected chi connectivity index (χ4v) is 0.953. The third-order valence-electron chi connectivity index (χ3n) is 1.75. The van der Waals surface area contributed by atoms with Crippen molar-refractivity contribution in [1.29, 1.82) is 0 Å². The fraction of sp³-hybridized carbons (Fsp3) is 0.875. The van der Waals surface area contributed by atoms with Gasteiger partial charge in [-0.2, -0.15) is 0 Å². The topological polar surface area (TPSA) is 94.8 Å². The Bertz CT molecular complexity index is 167. The Kier molecular flexibility index (Phi) is 12.8. The van der Waals surface area contributed by atoms with Gasteiger partial charge in [-0.3, -0.25) is 4.79 Å². The molecule has 0 fully saturated rings. The standard InChI is InChI=1S/C8H16O2.2H2O.O.Ti/c1-3-5-6-7(4-2)8(9)10;;;;/h7H,3-6H2,1-2H3,(H,9,10);2*1H2;;/q;;;;+2/p-2. The first-order valence-corrected chi connectivity index (χ1v) is 6.63. The average molecular weight is 242 g/mol. The summed E-state index contributed by atoms with van der Waals surface area (Å²) in [6, 6.07) is 0. The number of hydrogen-bond donors (Lipinski definition) is 3. The van der Waals surface area contributed by atoms with E-state index < -0.39 is 24.6 Å². The van der Waals surface area contributed by atoms with Crippen LogP contribution in [-0.4, -0.2) is 18.5 Å². The van der Waals surface area contributed by atoms with Crippen LogP contribution in [0.2, 0.25) is 0 Å². The molecule has 0 aliphatic carbocycles. The van der Waals surface area contributed by atoms with Gasteiger partial charge >= 0.3 is 35.3 Å². The van der Waals surface area contributed by atoms with E-state index in [0.717, 1.165) is 25.7 Å². The Balaban J connectivity index is 0. The van der Waals surface area contributed by atoms with E-state index in [1.54, 1.807) is 0 Å². The van der Waals surface area contributed by atoms with Crippen LogP contribution in [0.1, 0.15) is 39.5 Å². The maximum atomic E-state index is 10.4. The van der Waals surface area contributed by atoms with E-state index in [2.05, 4.69) is 6.92 Å². The number of aliphatic carboxylic acids is 1. The molecule has 0 saturated carbocycles. The minimum atomic E-state index is -3.58. The summed E-state index contributed by atoms with van der Waals surface area (Å²) in [5.41, 5.74) is 0. The zero-order chi connectivity index (χ0) is 11.6. The number of unbranched alkanes of at least 4 members (excludes halogenated alkanes) is 1. The van der Waals surface area contributed by atoms with E-state index in [4.69, 9.17) is 15.8 Å². The number of hydrogen-bond acceptors (Lipinski definition) is 2. The van der Waals surface area contributed by atoms with E-state index in [9.17, 15) is 4.79 Å². The predicted molar refractivity (Wildman–Crippen MR) is 46.1 cm³/mol. The van der Waals surface area contributed by atoms with Crippen molar-refractivity contribution in [2.24, 2.45) is 5.92 Å². The van der Waals surface area contributed by atoms with Gasteiger partial charge in [0.25, 0.3) is 0 Å². The Labute approximate surface area is 90.9 Å². The third-order valence-corrected chi connectivity index (χ3v) is 1.75. The van der Waals surface area contributed by atoms with E-state index >= 15 is 0 Å². The molecule has 0 radical (unpaired) electrons. The first-order valence-electron chi connectivity index (χ1n) is 4.60. The van der Waals surface area contributed by atoms with E-state index in [0.29, 0.717) is 0 Å². The van der Waals surface area contributed by atoms with E-state index in [-0.39, 0.29) is 5.92 Å². The summed E-state index contributed by atoms with van der Waals surface area (Å²) in [6.07, 6.45) is 3.71. The Morgan fingerprint density at radius 2 is 1.79 bits per heavy atom. The molecule has 0 heterocycles. The molecule has 0 spiro atoms. The van der Waals surface area contributed by atoms with Gasteiger partial charge in [0.2, 0.25) is 0 Å². The van der Waals surface area contributed by atoms with Crippen LogP contribution >= 0.6 is 0 Å². The van der Waals surface area contributed by atoms with E-state index in [1.165, 1.54) is 0 Å². The van der Waals surface area contributed by atoms with Gasteiger partial charge in [0, 0.05) is 0 Å². The van der Waals surface area contributed by atoms with Crippen molar-refractivity contribution in [1.82, 2.24) is 0 Å². The molecule has 0 aliphatic heterocycles. The van der Waals surface area contributed by atoms with E-state index in [1.807, 2.05) is 6.92 Å². The molecule has 0 aliphatic rings. The Morgan fingerprint density at radius 1 is 1.36 bits per heavy atom. The zero-order valence-corrected chi connectivity index (χ0v) is 10.1. The van der Waals surface area contributed by atoms with Crippen LogP contribution in [0.25, 0.3) is 0 Å². The van der Waals surface area contributed by atoms with Crippen LogP contribution in [-0.2, 0) is 26.7 Å². The molecule has 0 aromatic carbocycles. The summed E-state index contributed by atoms with van der Waals surface area (Å²) in [5.74, 6) is -0.754. The van der Waals surface area contributed by atoms with Gasteiger partial charge in [0.05, 0.1) is 5.92 Å². The molecule has 5 nitrogen and oxygen atoms in total. The van der Waals surface area contributed by atoms with Crippen molar-refractivity contribution in [3.8, 4) is 0 Å². The summed E-state index contributed by atoms with van der Waals surface area (Å²) < 4.78 is 23.2. The SMILES string of the molecule is CCCCC(CC)C(=O)O.[O]=[Ti]([OH])[OH]. The summed E-state index contributed by atoms with van der Waals surface area (Å²) in [6.45, 7) is 4.00. The molecular weight excluding hydrogens is 224 g/mol. The van der Waals surface area contributed by atoms with Crippen molar-refractivity contribution >= 4 is 5.97 Å². The number of carboxylic acid groups (broad SMARTS) is 1. The second-order valence-electron chi connectivity index (χ2n) is 2.87. The molecule has 0 aromatic heterocycles. The number of carbonyl (C=O) groups is 1. The first kappa shape index (κ1) is 16.3. The van der Waals surface area contributed by atoms with Crippen LogP contribution in [0.4, 0.5) is 0 Å². The molecule has 0 saturated heterocycles. The number of carboxylic acids is 1. The third kappa shape index (κ3) is 14.4. The molecule has 0 bridgehead atoms. The maximum absolute atomic E-state index is 10.4. The molecule has 0 rings (SSSR count). The van der Waals surface area contributed by atoms with Gasteiger partial charge in [-0.25, -0.2) is 0 Å². The molecule has 14 heavy (non-hydrogen) atoms. The van der Waals surface area contributed by atoms with Gasteiger partial charge < -0.3 is 5.11 Å². The molecule has 1 unspecified atom stereocenters. The molecule has 6 heteroatoms. The Hall–Kier alpha value is -0.0957. The van der Waals surface area contributed by atoms with Crippen LogP contribution in [0, 0.1) is 5.92 Å². The number of rotatable bonds is 5. The van der Waals surface area contributed by atoms with Crippen LogP contribution in [0.3, 0.4) is 0 Å². The molecule has 84 valence electrons. The van der Waals surface area contributed by atoms with Crippen LogP contribution in [0.5, 0.6) is 0 Å². The molecule has 0 amide bonds. The minimum absolute atomic E-state index is 0.111. The van der Waals surface area contributed by atoms with Crippen LogP contribution < -0.4 is 0 Å². The summed E-state index contributed by atoms with van der Waals surface area (Å²) >= 11 is -3.58. The van der Waals surface area contributed by atoms with Crippen molar-refractivity contribution in [2.75, 3.05) is 0 Å². The van der Waals surface area contributed by atoms with Gasteiger partial charge in [-0.15, -0.1) is 0 Å². The van der Waals surface area contributed by atoms with Crippen molar-refractivity contribution in [3.05, 3.63) is 0 Å². The van der Waals surface area contributed by atoms with Gasteiger partial charge in [-0.1, -0.05) is 26.7 Å². The van der Waals surface area contributed by atoms with Crippen molar-refractivity contribution in [2.45, 2.75) is 39.5 Å². The van der Waals surface area contributed by atoms with Crippen molar-refractivity contribution in [3.63, 3.8) is 0 Å². The monoisotopic (exact) mass is 242 g/mol. The predicted octanol–water partition coefficient (Wildman–Crippen LogP) is 1.05. The summed E-state index contributed by atoms with van der Waals surface area (Å²) in [5, 5.41) is 8.60. The molecular formula is C8H18O5Ti. The summed E-state index contributed by atoms with van der Waals surface area (Å²) in [7, 11) is 0. The first-order chi connectivity index (χ1) is 6.45. The van der Waals surface area contributed by atoms with Gasteiger partial charge in [0.15, 0.2) is 0 Å². The summed E-state index contributed by atoms with van der Waals surface area (Å²) in [4.78, 5) is 10.4. The zero-order valence-electron chi connectivity index (χ0n) is 8.56. The van der Waals surface area contributed by atoms with Gasteiger partial charge in [-0.05, 0) is 12.8 Å². The second-order valence-corrected chi connectivity index (χ2v) is 3.75. The molecule has 3 N–H and O–H groups in total. The normalized spacial score (nSPS) is 11.1. The molecule has 0 aromatic rings. The fourth-order valence-electron chi connectivity index (χ4n) is 0.953. The second kappa shape index (κ2) is 11.0. The van der Waals surface area contributed by atoms with Crippen molar-refractivity contribution < 1.29 is 39.2 Å². The Morgan fingerprint density at radius 3 is 2.00 bits per heavy atom. The quantitative estimate of drug-likeness (QED) is 0.626. The van der Waals surface area contributed by atoms with Crippen LogP contribution in [0.15, 0.2) is 0 Å². The average Bonchev–Trinajstić information content (AvgIpc) is 2.04.